The number of nitrogens with one attached hydrogen (secondary N) is 1. The van der Waals surface area contributed by atoms with Crippen LogP contribution < -0.4 is 5.32 Å². The van der Waals surface area contributed by atoms with Crippen LogP contribution in [0.3, 0.4) is 0 Å². The van der Waals surface area contributed by atoms with Gasteiger partial charge in [-0.15, -0.1) is 0 Å². The molecule has 2 fully saturated rings. The lowest BCUT2D eigenvalue weighted by Gasteiger charge is -2.36. The normalized spacial score (nSPS) is 18.3. The van der Waals surface area contributed by atoms with E-state index in [-0.39, 0.29) is 11.8 Å². The molecule has 1 N–H and O–H groups in total. The van der Waals surface area contributed by atoms with Crippen molar-refractivity contribution in [3.05, 3.63) is 71.3 Å². The lowest BCUT2D eigenvalue weighted by molar-refractivity contribution is -0.145. The SMILES string of the molecule is Cc1ccccc1CNC(=O)C1(C(=O)N2CCN(Cc3ccccc3)CC2)CC1. The van der Waals surface area contributed by atoms with E-state index in [1.54, 1.807) is 0 Å². The third-order valence-electron chi connectivity index (χ3n) is 6.20. The zero-order valence-electron chi connectivity index (χ0n) is 17.1. The Balaban J connectivity index is 1.30. The van der Waals surface area contributed by atoms with E-state index in [0.29, 0.717) is 32.5 Å². The number of piperazine rings is 1. The maximum Gasteiger partial charge on any atom is 0.238 e. The van der Waals surface area contributed by atoms with Crippen molar-refractivity contribution >= 4 is 11.8 Å². The predicted octanol–water partition coefficient (Wildman–Crippen LogP) is 2.74. The van der Waals surface area contributed by atoms with Crippen LogP contribution in [0, 0.1) is 12.3 Å². The molecule has 152 valence electrons. The first-order valence-electron chi connectivity index (χ1n) is 10.5. The second-order valence-electron chi connectivity index (χ2n) is 8.25. The summed E-state index contributed by atoms with van der Waals surface area (Å²) in [4.78, 5) is 30.2. The number of hydrogen-bond acceptors (Lipinski definition) is 3. The summed E-state index contributed by atoms with van der Waals surface area (Å²) in [5.41, 5.74) is 2.71. The van der Waals surface area contributed by atoms with Gasteiger partial charge in [-0.25, -0.2) is 0 Å². The average molecular weight is 392 g/mol. The van der Waals surface area contributed by atoms with Gasteiger partial charge in [0.15, 0.2) is 0 Å². The van der Waals surface area contributed by atoms with Gasteiger partial charge in [0.05, 0.1) is 0 Å². The second kappa shape index (κ2) is 8.37. The smallest absolute Gasteiger partial charge is 0.238 e. The molecule has 2 aromatic carbocycles. The van der Waals surface area contributed by atoms with Crippen LogP contribution in [0.5, 0.6) is 0 Å². The summed E-state index contributed by atoms with van der Waals surface area (Å²) in [6, 6.07) is 18.4. The minimum absolute atomic E-state index is 0.0131. The van der Waals surface area contributed by atoms with Crippen LogP contribution in [0.2, 0.25) is 0 Å². The van der Waals surface area contributed by atoms with Gasteiger partial charge in [0.2, 0.25) is 11.8 Å². The molecule has 5 nitrogen and oxygen atoms in total. The third kappa shape index (κ3) is 4.35. The first-order chi connectivity index (χ1) is 14.1. The van der Waals surface area contributed by atoms with Crippen LogP contribution in [-0.4, -0.2) is 47.8 Å². The molecule has 0 spiro atoms. The lowest BCUT2D eigenvalue weighted by Crippen LogP contribution is -2.52. The molecule has 0 aromatic heterocycles. The first-order valence-corrected chi connectivity index (χ1v) is 10.5. The topological polar surface area (TPSA) is 52.7 Å². The summed E-state index contributed by atoms with van der Waals surface area (Å²) in [7, 11) is 0. The number of nitrogens with zero attached hydrogens (tertiary/aromatic N) is 2. The molecule has 1 saturated carbocycles. The maximum absolute atomic E-state index is 13.1. The Bertz CT molecular complexity index is 869. The highest BCUT2D eigenvalue weighted by atomic mass is 16.2. The van der Waals surface area contributed by atoms with Crippen molar-refractivity contribution in [1.82, 2.24) is 15.1 Å². The Labute approximate surface area is 172 Å². The minimum Gasteiger partial charge on any atom is -0.351 e. The highest BCUT2D eigenvalue weighted by Gasteiger charge is 2.58. The van der Waals surface area contributed by atoms with Gasteiger partial charge < -0.3 is 10.2 Å². The molecule has 0 radical (unpaired) electrons. The molecule has 0 bridgehead atoms. The van der Waals surface area contributed by atoms with Gasteiger partial charge in [-0.1, -0.05) is 54.6 Å². The molecule has 29 heavy (non-hydrogen) atoms. The number of hydrogen-bond donors (Lipinski definition) is 1. The van der Waals surface area contributed by atoms with Gasteiger partial charge in [-0.05, 0) is 36.5 Å². The largest absolute Gasteiger partial charge is 0.351 e. The maximum atomic E-state index is 13.1. The number of amides is 2. The molecule has 0 unspecified atom stereocenters. The van der Waals surface area contributed by atoms with Crippen molar-refractivity contribution in [2.24, 2.45) is 5.41 Å². The molecule has 1 heterocycles. The standard InChI is InChI=1S/C24H29N3O2/c1-19-7-5-6-10-21(19)17-25-22(28)24(11-12-24)23(29)27-15-13-26(14-16-27)18-20-8-3-2-4-9-20/h2-10H,11-18H2,1H3,(H,25,28). The molecule has 2 amide bonds. The number of carbonyl (C=O) groups excluding carboxylic acids is 2. The number of benzene rings is 2. The van der Waals surface area contributed by atoms with Crippen molar-refractivity contribution < 1.29 is 9.59 Å². The van der Waals surface area contributed by atoms with Crippen LogP contribution in [0.15, 0.2) is 54.6 Å². The molecule has 1 aliphatic heterocycles. The van der Waals surface area contributed by atoms with Crippen LogP contribution >= 0.6 is 0 Å². The summed E-state index contributed by atoms with van der Waals surface area (Å²) in [6.07, 6.45) is 1.32. The molecule has 1 aliphatic carbocycles. The summed E-state index contributed by atoms with van der Waals surface area (Å²) < 4.78 is 0. The molecule has 1 saturated heterocycles. The highest BCUT2D eigenvalue weighted by Crippen LogP contribution is 2.47. The summed E-state index contributed by atoms with van der Waals surface area (Å²) in [5, 5.41) is 3.01. The summed E-state index contributed by atoms with van der Waals surface area (Å²) >= 11 is 0. The first kappa shape index (κ1) is 19.6. The van der Waals surface area contributed by atoms with Gasteiger partial charge in [-0.2, -0.15) is 0 Å². The third-order valence-corrected chi connectivity index (χ3v) is 6.20. The van der Waals surface area contributed by atoms with Gasteiger partial charge in [0.1, 0.15) is 5.41 Å². The van der Waals surface area contributed by atoms with E-state index < -0.39 is 5.41 Å². The molecule has 2 aromatic rings. The van der Waals surface area contributed by atoms with E-state index in [9.17, 15) is 9.59 Å². The monoisotopic (exact) mass is 391 g/mol. The molecule has 4 rings (SSSR count). The van der Waals surface area contributed by atoms with Crippen molar-refractivity contribution in [3.63, 3.8) is 0 Å². The average Bonchev–Trinajstić information content (AvgIpc) is 3.56. The summed E-state index contributed by atoms with van der Waals surface area (Å²) in [6.45, 7) is 6.50. The Morgan fingerprint density at radius 3 is 2.24 bits per heavy atom. The van der Waals surface area contributed by atoms with Crippen molar-refractivity contribution in [2.45, 2.75) is 32.9 Å². The molecular formula is C24H29N3O2. The second-order valence-corrected chi connectivity index (χ2v) is 8.25. The molecule has 0 atom stereocenters. The summed E-state index contributed by atoms with van der Waals surface area (Å²) in [5.74, 6) is -0.100. The fourth-order valence-corrected chi connectivity index (χ4v) is 4.07. The fourth-order valence-electron chi connectivity index (χ4n) is 4.07. The van der Waals surface area contributed by atoms with Crippen LogP contribution in [0.1, 0.15) is 29.5 Å². The van der Waals surface area contributed by atoms with Gasteiger partial charge >= 0.3 is 0 Å². The molecular weight excluding hydrogens is 362 g/mol. The Hall–Kier alpha value is -2.66. The number of rotatable bonds is 6. The van der Waals surface area contributed by atoms with Crippen molar-refractivity contribution in [2.75, 3.05) is 26.2 Å². The lowest BCUT2D eigenvalue weighted by atomic mass is 10.0. The zero-order valence-corrected chi connectivity index (χ0v) is 17.1. The molecule has 5 heteroatoms. The van der Waals surface area contributed by atoms with E-state index in [0.717, 1.165) is 30.8 Å². The van der Waals surface area contributed by atoms with Crippen LogP contribution in [-0.2, 0) is 22.7 Å². The highest BCUT2D eigenvalue weighted by molar-refractivity contribution is 6.07. The predicted molar refractivity (Wildman–Crippen MR) is 113 cm³/mol. The van der Waals surface area contributed by atoms with Crippen molar-refractivity contribution in [3.8, 4) is 0 Å². The Kier molecular flexibility index (Phi) is 5.67. The Morgan fingerprint density at radius 1 is 0.931 bits per heavy atom. The zero-order chi connectivity index (χ0) is 20.3. The van der Waals surface area contributed by atoms with E-state index in [4.69, 9.17) is 0 Å². The Morgan fingerprint density at radius 2 is 1.59 bits per heavy atom. The quantitative estimate of drug-likeness (QED) is 0.771. The molecule has 2 aliphatic rings. The van der Waals surface area contributed by atoms with E-state index in [1.165, 1.54) is 5.56 Å². The van der Waals surface area contributed by atoms with Crippen LogP contribution in [0.4, 0.5) is 0 Å². The van der Waals surface area contributed by atoms with E-state index >= 15 is 0 Å². The fraction of sp³-hybridized carbons (Fsp3) is 0.417. The minimum atomic E-state index is -0.829. The van der Waals surface area contributed by atoms with Crippen molar-refractivity contribution in [1.29, 1.82) is 0 Å². The van der Waals surface area contributed by atoms with Gasteiger partial charge in [0.25, 0.3) is 0 Å². The number of aryl methyl sites for hydroxylation is 1. The van der Waals surface area contributed by atoms with Gasteiger partial charge in [-0.3, -0.25) is 14.5 Å². The van der Waals surface area contributed by atoms with E-state index in [1.807, 2.05) is 42.2 Å². The van der Waals surface area contributed by atoms with E-state index in [2.05, 4.69) is 34.5 Å². The van der Waals surface area contributed by atoms with Gasteiger partial charge in [0, 0.05) is 39.3 Å². The van der Waals surface area contributed by atoms with Crippen LogP contribution in [0.25, 0.3) is 0 Å². The number of carbonyl (C=O) groups is 2.